The predicted molar refractivity (Wildman–Crippen MR) is 101 cm³/mol. The van der Waals surface area contributed by atoms with Gasteiger partial charge in [0.2, 0.25) is 0 Å². The van der Waals surface area contributed by atoms with Crippen LogP contribution in [0.2, 0.25) is 0 Å². The lowest BCUT2D eigenvalue weighted by atomic mass is 10.2. The van der Waals surface area contributed by atoms with E-state index in [-0.39, 0.29) is 12.5 Å². The SMILES string of the molecule is COc1cc(C)ccc1OCC(=O)N(C)CCOc1ccc(Br)cc1. The summed E-state index contributed by atoms with van der Waals surface area (Å²) in [6, 6.07) is 13.2. The highest BCUT2D eigenvalue weighted by molar-refractivity contribution is 9.10. The van der Waals surface area contributed by atoms with Crippen LogP contribution in [0.3, 0.4) is 0 Å². The molecule has 0 saturated heterocycles. The second-order valence-electron chi connectivity index (χ2n) is 5.56. The summed E-state index contributed by atoms with van der Waals surface area (Å²) >= 11 is 3.38. The van der Waals surface area contributed by atoms with E-state index < -0.39 is 0 Å². The number of likely N-dealkylation sites (N-methyl/N-ethyl adjacent to an activating group) is 1. The molecule has 0 aliphatic carbocycles. The molecule has 0 unspecified atom stereocenters. The molecule has 0 N–H and O–H groups in total. The van der Waals surface area contributed by atoms with Crippen molar-refractivity contribution in [1.82, 2.24) is 4.90 Å². The largest absolute Gasteiger partial charge is 0.493 e. The molecule has 0 radical (unpaired) electrons. The van der Waals surface area contributed by atoms with E-state index in [9.17, 15) is 4.79 Å². The molecule has 6 heteroatoms. The smallest absolute Gasteiger partial charge is 0.260 e. The maximum Gasteiger partial charge on any atom is 0.260 e. The number of nitrogens with zero attached hydrogens (tertiary/aromatic N) is 1. The van der Waals surface area contributed by atoms with Gasteiger partial charge in [0.15, 0.2) is 18.1 Å². The highest BCUT2D eigenvalue weighted by Crippen LogP contribution is 2.27. The molecule has 2 aromatic carbocycles. The lowest BCUT2D eigenvalue weighted by Crippen LogP contribution is -2.34. The van der Waals surface area contributed by atoms with Crippen LogP contribution in [0.5, 0.6) is 17.2 Å². The van der Waals surface area contributed by atoms with E-state index in [0.29, 0.717) is 24.7 Å². The summed E-state index contributed by atoms with van der Waals surface area (Å²) in [5, 5.41) is 0. The van der Waals surface area contributed by atoms with Gasteiger partial charge in [-0.3, -0.25) is 4.79 Å². The molecule has 0 fully saturated rings. The first-order chi connectivity index (χ1) is 12.0. The fourth-order valence-corrected chi connectivity index (χ4v) is 2.36. The van der Waals surface area contributed by atoms with Crippen LogP contribution >= 0.6 is 15.9 Å². The van der Waals surface area contributed by atoms with Crippen LogP contribution in [-0.4, -0.2) is 44.7 Å². The summed E-state index contributed by atoms with van der Waals surface area (Å²) in [6.07, 6.45) is 0. The van der Waals surface area contributed by atoms with Crippen molar-refractivity contribution in [3.8, 4) is 17.2 Å². The highest BCUT2D eigenvalue weighted by Gasteiger charge is 2.12. The Labute approximate surface area is 156 Å². The molecule has 0 atom stereocenters. The second kappa shape index (κ2) is 9.32. The van der Waals surface area contributed by atoms with E-state index in [0.717, 1.165) is 15.8 Å². The zero-order chi connectivity index (χ0) is 18.2. The first-order valence-corrected chi connectivity index (χ1v) is 8.68. The normalized spacial score (nSPS) is 10.2. The molecule has 0 spiro atoms. The Morgan fingerprint density at radius 2 is 1.80 bits per heavy atom. The molecule has 0 aliphatic heterocycles. The number of carbonyl (C=O) groups is 1. The van der Waals surface area contributed by atoms with Crippen molar-refractivity contribution in [1.29, 1.82) is 0 Å². The van der Waals surface area contributed by atoms with Gasteiger partial charge in [-0.2, -0.15) is 0 Å². The van der Waals surface area contributed by atoms with Gasteiger partial charge in [-0.1, -0.05) is 22.0 Å². The highest BCUT2D eigenvalue weighted by atomic mass is 79.9. The average Bonchev–Trinajstić information content (AvgIpc) is 2.61. The zero-order valence-corrected chi connectivity index (χ0v) is 16.2. The summed E-state index contributed by atoms with van der Waals surface area (Å²) in [5.74, 6) is 1.82. The van der Waals surface area contributed by atoms with E-state index in [2.05, 4.69) is 15.9 Å². The monoisotopic (exact) mass is 407 g/mol. The van der Waals surface area contributed by atoms with E-state index in [4.69, 9.17) is 14.2 Å². The Kier molecular flexibility index (Phi) is 7.13. The van der Waals surface area contributed by atoms with Gasteiger partial charge < -0.3 is 19.1 Å². The maximum atomic E-state index is 12.2. The molecule has 0 aromatic heterocycles. The Morgan fingerprint density at radius 3 is 2.48 bits per heavy atom. The standard InChI is InChI=1S/C19H22BrNO4/c1-14-4-9-17(18(12-14)23-3)25-13-19(22)21(2)10-11-24-16-7-5-15(20)6-8-16/h4-9,12H,10-11,13H2,1-3H3. The van der Waals surface area contributed by atoms with Gasteiger partial charge in [-0.05, 0) is 48.9 Å². The van der Waals surface area contributed by atoms with Crippen molar-refractivity contribution >= 4 is 21.8 Å². The molecule has 5 nitrogen and oxygen atoms in total. The van der Waals surface area contributed by atoms with Crippen molar-refractivity contribution in [3.05, 3.63) is 52.5 Å². The molecule has 0 aliphatic rings. The van der Waals surface area contributed by atoms with Crippen LogP contribution in [0, 0.1) is 6.92 Å². The van der Waals surface area contributed by atoms with Gasteiger partial charge in [0.25, 0.3) is 5.91 Å². The summed E-state index contributed by atoms with van der Waals surface area (Å²) in [5.41, 5.74) is 1.07. The lowest BCUT2D eigenvalue weighted by Gasteiger charge is -2.18. The molecular formula is C19H22BrNO4. The molecular weight excluding hydrogens is 386 g/mol. The first kappa shape index (κ1) is 19.1. The zero-order valence-electron chi connectivity index (χ0n) is 14.6. The van der Waals surface area contributed by atoms with Gasteiger partial charge in [-0.15, -0.1) is 0 Å². The molecule has 134 valence electrons. The number of aryl methyl sites for hydroxylation is 1. The van der Waals surface area contributed by atoms with Crippen molar-refractivity contribution in [3.63, 3.8) is 0 Å². The molecule has 0 heterocycles. The summed E-state index contributed by atoms with van der Waals surface area (Å²) in [6.45, 7) is 2.81. The Hall–Kier alpha value is -2.21. The van der Waals surface area contributed by atoms with E-state index in [1.807, 2.05) is 43.3 Å². The molecule has 2 rings (SSSR count). The van der Waals surface area contributed by atoms with Crippen LogP contribution in [-0.2, 0) is 4.79 Å². The minimum Gasteiger partial charge on any atom is -0.493 e. The summed E-state index contributed by atoms with van der Waals surface area (Å²) in [7, 11) is 3.30. The number of halogens is 1. The van der Waals surface area contributed by atoms with Crippen molar-refractivity contribution in [2.24, 2.45) is 0 Å². The number of amides is 1. The van der Waals surface area contributed by atoms with Crippen molar-refractivity contribution < 1.29 is 19.0 Å². The van der Waals surface area contributed by atoms with Gasteiger partial charge >= 0.3 is 0 Å². The van der Waals surface area contributed by atoms with Crippen LogP contribution in [0.1, 0.15) is 5.56 Å². The predicted octanol–water partition coefficient (Wildman–Crippen LogP) is 3.68. The third-order valence-electron chi connectivity index (χ3n) is 3.61. The molecule has 2 aromatic rings. The lowest BCUT2D eigenvalue weighted by molar-refractivity contribution is -0.132. The van der Waals surface area contributed by atoms with Gasteiger partial charge in [0.05, 0.1) is 13.7 Å². The first-order valence-electron chi connectivity index (χ1n) is 7.89. The van der Waals surface area contributed by atoms with Crippen LogP contribution in [0.15, 0.2) is 46.9 Å². The average molecular weight is 408 g/mol. The molecule has 0 saturated carbocycles. The van der Waals surface area contributed by atoms with Gasteiger partial charge in [0.1, 0.15) is 12.4 Å². The number of hydrogen-bond acceptors (Lipinski definition) is 4. The summed E-state index contributed by atoms with van der Waals surface area (Å²) in [4.78, 5) is 13.8. The number of benzene rings is 2. The molecule has 0 bridgehead atoms. The fraction of sp³-hybridized carbons (Fsp3) is 0.316. The quantitative estimate of drug-likeness (QED) is 0.669. The van der Waals surface area contributed by atoms with E-state index in [1.54, 1.807) is 25.1 Å². The number of rotatable bonds is 8. The fourth-order valence-electron chi connectivity index (χ4n) is 2.10. The minimum absolute atomic E-state index is 0.0474. The molecule has 25 heavy (non-hydrogen) atoms. The van der Waals surface area contributed by atoms with Gasteiger partial charge in [-0.25, -0.2) is 0 Å². The van der Waals surface area contributed by atoms with Crippen molar-refractivity contribution in [2.75, 3.05) is 33.9 Å². The van der Waals surface area contributed by atoms with Crippen LogP contribution < -0.4 is 14.2 Å². The van der Waals surface area contributed by atoms with E-state index in [1.165, 1.54) is 0 Å². The van der Waals surface area contributed by atoms with Gasteiger partial charge in [0, 0.05) is 11.5 Å². The Morgan fingerprint density at radius 1 is 1.08 bits per heavy atom. The topological polar surface area (TPSA) is 48.0 Å². The van der Waals surface area contributed by atoms with Crippen molar-refractivity contribution in [2.45, 2.75) is 6.92 Å². The number of carbonyl (C=O) groups excluding carboxylic acids is 1. The third-order valence-corrected chi connectivity index (χ3v) is 4.13. The third kappa shape index (κ3) is 5.98. The Bertz CT molecular complexity index is 703. The Balaban J connectivity index is 1.77. The van der Waals surface area contributed by atoms with E-state index >= 15 is 0 Å². The van der Waals surface area contributed by atoms with Crippen LogP contribution in [0.4, 0.5) is 0 Å². The minimum atomic E-state index is -0.123. The second-order valence-corrected chi connectivity index (χ2v) is 6.48. The van der Waals surface area contributed by atoms with Crippen LogP contribution in [0.25, 0.3) is 0 Å². The number of hydrogen-bond donors (Lipinski definition) is 0. The number of ether oxygens (including phenoxy) is 3. The molecule has 1 amide bonds. The maximum absolute atomic E-state index is 12.2. The summed E-state index contributed by atoms with van der Waals surface area (Å²) < 4.78 is 17.5. The number of methoxy groups -OCH3 is 1.